The lowest BCUT2D eigenvalue weighted by atomic mass is 9.67. The molecule has 129 heavy (non-hydrogen) atoms. The third kappa shape index (κ3) is 12.8. The molecule has 2 aliphatic carbocycles. The third-order valence-corrected chi connectivity index (χ3v) is 26.9. The molecule has 0 spiro atoms. The Morgan fingerprint density at radius 2 is 0.558 bits per heavy atom. The minimum Gasteiger partial charge on any atom is -0.456 e. The van der Waals surface area contributed by atoms with E-state index in [-0.39, 0.29) is 5.41 Å². The summed E-state index contributed by atoms with van der Waals surface area (Å²) in [5.74, 6) is 0. The molecular weight excluding hydrogens is 1630 g/mol. The second-order valence-corrected chi connectivity index (χ2v) is 34.4. The maximum Gasteiger partial charge on any atom is 0.137 e. The zero-order chi connectivity index (χ0) is 85.5. The number of fused-ring (bicyclic) bond motifs is 18. The van der Waals surface area contributed by atoms with Gasteiger partial charge in [0.15, 0.2) is 0 Å². The van der Waals surface area contributed by atoms with Gasteiger partial charge in [-0.1, -0.05) is 356 Å². The number of nitrogens with zero attached hydrogens (tertiary/aromatic N) is 3. The van der Waals surface area contributed by atoms with Crippen molar-refractivity contribution in [2.24, 2.45) is 0 Å². The molecule has 0 aliphatic heterocycles. The smallest absolute Gasteiger partial charge is 0.137 e. The van der Waals surface area contributed by atoms with Gasteiger partial charge in [0.05, 0.1) is 32.9 Å². The van der Waals surface area contributed by atoms with Gasteiger partial charge in [0, 0.05) is 99.5 Å². The highest BCUT2D eigenvalue weighted by molar-refractivity contribution is 9.10. The molecule has 2 aliphatic rings. The monoisotopic (exact) mass is 1710 g/mol. The van der Waals surface area contributed by atoms with Gasteiger partial charge in [-0.05, 0) is 222 Å². The predicted molar refractivity (Wildman–Crippen MR) is 540 cm³/mol. The van der Waals surface area contributed by atoms with Crippen LogP contribution in [0, 0.1) is 0 Å². The number of furan rings is 2. The number of halogens is 1. The van der Waals surface area contributed by atoms with Gasteiger partial charge in [0.2, 0.25) is 0 Å². The Labute approximate surface area is 755 Å². The Bertz CT molecular complexity index is 8330. The van der Waals surface area contributed by atoms with Crippen LogP contribution in [0.1, 0.15) is 44.5 Å². The second-order valence-electron chi connectivity index (χ2n) is 33.5. The lowest BCUT2D eigenvalue weighted by Crippen LogP contribution is -2.28. The fourth-order valence-corrected chi connectivity index (χ4v) is 21.3. The lowest BCUT2D eigenvalue weighted by molar-refractivity contribution is 0.668. The van der Waals surface area contributed by atoms with Crippen molar-refractivity contribution in [1.29, 1.82) is 0 Å². The number of rotatable bonds is 13. The van der Waals surface area contributed by atoms with Crippen molar-refractivity contribution < 1.29 is 8.83 Å². The number of benzene rings is 20. The molecule has 4 aromatic heterocycles. The third-order valence-electron chi connectivity index (χ3n) is 26.5. The summed E-state index contributed by atoms with van der Waals surface area (Å²) in [5, 5.41) is 13.1. The summed E-state index contributed by atoms with van der Waals surface area (Å²) < 4.78 is 18.4. The van der Waals surface area contributed by atoms with Crippen LogP contribution in [0.3, 0.4) is 0 Å². The molecule has 0 saturated carbocycles. The van der Waals surface area contributed by atoms with E-state index in [0.717, 1.165) is 88.0 Å². The summed E-state index contributed by atoms with van der Waals surface area (Å²) in [6.07, 6.45) is 0. The first-order valence-electron chi connectivity index (χ1n) is 44.0. The van der Waals surface area contributed by atoms with Crippen molar-refractivity contribution in [1.82, 2.24) is 9.13 Å². The molecular formula is C122H81BrN4O2. The molecule has 0 bridgehead atoms. The Morgan fingerprint density at radius 3 is 1.05 bits per heavy atom. The molecule has 0 amide bonds. The minimum atomic E-state index is -0.524. The van der Waals surface area contributed by atoms with E-state index in [1.807, 2.05) is 30.3 Å². The van der Waals surface area contributed by atoms with Gasteiger partial charge in [-0.2, -0.15) is 0 Å². The van der Waals surface area contributed by atoms with E-state index in [0.29, 0.717) is 0 Å². The molecule has 1 N–H and O–H groups in total. The Kier molecular flexibility index (Phi) is 18.8. The topological polar surface area (TPSA) is 51.4 Å². The van der Waals surface area contributed by atoms with Crippen LogP contribution in [0.5, 0.6) is 0 Å². The van der Waals surface area contributed by atoms with Gasteiger partial charge in [-0.3, -0.25) is 0 Å². The molecule has 0 unspecified atom stereocenters. The summed E-state index contributed by atoms with van der Waals surface area (Å²) in [6.45, 7) is 0. The summed E-state index contributed by atoms with van der Waals surface area (Å²) >= 11 is 3.69. The zero-order valence-corrected chi connectivity index (χ0v) is 71.8. The van der Waals surface area contributed by atoms with Crippen molar-refractivity contribution in [3.8, 4) is 55.9 Å². The van der Waals surface area contributed by atoms with Gasteiger partial charge in [0.1, 0.15) is 22.3 Å². The van der Waals surface area contributed by atoms with Crippen LogP contribution in [0.2, 0.25) is 0 Å². The van der Waals surface area contributed by atoms with E-state index in [4.69, 9.17) is 8.83 Å². The van der Waals surface area contributed by atoms with E-state index >= 15 is 0 Å². The van der Waals surface area contributed by atoms with Crippen LogP contribution in [-0.2, 0) is 10.8 Å². The van der Waals surface area contributed by atoms with E-state index in [2.05, 4.69) is 490 Å². The van der Waals surface area contributed by atoms with Crippen molar-refractivity contribution in [3.05, 3.63) is 534 Å². The summed E-state index contributed by atoms with van der Waals surface area (Å²) in [5.41, 5.74) is 35.3. The predicted octanol–water partition coefficient (Wildman–Crippen LogP) is 33.1. The Morgan fingerprint density at radius 1 is 0.217 bits per heavy atom. The number of hydrogen-bond acceptors (Lipinski definition) is 4. The van der Waals surface area contributed by atoms with E-state index < -0.39 is 5.41 Å². The van der Waals surface area contributed by atoms with Crippen molar-refractivity contribution >= 4 is 132 Å². The van der Waals surface area contributed by atoms with Crippen LogP contribution >= 0.6 is 15.9 Å². The minimum absolute atomic E-state index is 0.293. The van der Waals surface area contributed by atoms with Gasteiger partial charge in [-0.15, -0.1) is 0 Å². The van der Waals surface area contributed by atoms with Crippen molar-refractivity contribution in [2.45, 2.75) is 10.8 Å². The summed E-state index contributed by atoms with van der Waals surface area (Å²) in [6, 6.07) is 175. The molecule has 6 nitrogen and oxygen atoms in total. The molecule has 7 heteroatoms. The average molecular weight is 1710 g/mol. The maximum atomic E-state index is 6.52. The first kappa shape index (κ1) is 76.3. The number of hydrogen-bond donors (Lipinski definition) is 1. The lowest BCUT2D eigenvalue weighted by Gasteiger charge is -2.35. The molecule has 20 aromatic carbocycles. The molecule has 26 rings (SSSR count). The normalized spacial score (nSPS) is 12.7. The molecule has 0 radical (unpaired) electrons. The van der Waals surface area contributed by atoms with Crippen LogP contribution in [0.4, 0.5) is 28.4 Å². The van der Waals surface area contributed by atoms with Crippen LogP contribution in [0.15, 0.2) is 499 Å². The first-order valence-corrected chi connectivity index (χ1v) is 44.8. The second kappa shape index (κ2) is 31.7. The Hall–Kier alpha value is -16.3. The average Bonchev–Trinajstić information content (AvgIpc) is 1.55. The van der Waals surface area contributed by atoms with Crippen LogP contribution in [0.25, 0.3) is 143 Å². The number of para-hydroxylation sites is 6. The first-order chi connectivity index (χ1) is 63.9. The number of nitrogens with one attached hydrogen (secondary N) is 1. The highest BCUT2D eigenvalue weighted by Crippen LogP contribution is 2.59. The highest BCUT2D eigenvalue weighted by Gasteiger charge is 2.48. The quantitative estimate of drug-likeness (QED) is 0.125. The van der Waals surface area contributed by atoms with E-state index in [1.165, 1.54) is 133 Å². The number of anilines is 5. The molecule has 608 valence electrons. The highest BCUT2D eigenvalue weighted by atomic mass is 79.9. The van der Waals surface area contributed by atoms with Gasteiger partial charge in [0.25, 0.3) is 0 Å². The van der Waals surface area contributed by atoms with Crippen LogP contribution in [-0.4, -0.2) is 9.13 Å². The fourth-order valence-electron chi connectivity index (χ4n) is 20.9. The summed E-state index contributed by atoms with van der Waals surface area (Å²) in [7, 11) is 0. The molecule has 0 saturated heterocycles. The Balaban J connectivity index is 0.000000120. The maximum absolute atomic E-state index is 6.52. The zero-order valence-electron chi connectivity index (χ0n) is 70.2. The van der Waals surface area contributed by atoms with Crippen molar-refractivity contribution in [3.63, 3.8) is 0 Å². The SMILES string of the molecule is Brc1cccc(C2(c3ccccc3)c3ccccc3-c3ccccc32)c1.c1ccc(-n2c3ccccc3c3ccc(-c4ccc(N(c5cccc(C6(c7ccccc7)c7ccccc7-c7ccccc76)c5)c5ccc6c(c5)oc5ccccc56)cc4)cc32)cc1.c1ccc(-n2c3ccccc3c3ccc(-c4ccc(Nc5ccc6c(c5)oc5ccccc56)cc4)cc32)cc1. The number of aromatic nitrogens is 2. The van der Waals surface area contributed by atoms with E-state index in [9.17, 15) is 0 Å². The van der Waals surface area contributed by atoms with E-state index in [1.54, 1.807) is 0 Å². The van der Waals surface area contributed by atoms with Crippen molar-refractivity contribution in [2.75, 3.05) is 10.2 Å². The van der Waals surface area contributed by atoms with Gasteiger partial charge < -0.3 is 28.2 Å². The van der Waals surface area contributed by atoms with Crippen LogP contribution < -0.4 is 10.2 Å². The molecule has 0 atom stereocenters. The molecule has 4 heterocycles. The van der Waals surface area contributed by atoms with Gasteiger partial charge in [-0.25, -0.2) is 0 Å². The summed E-state index contributed by atoms with van der Waals surface area (Å²) in [4.78, 5) is 2.38. The fraction of sp³-hybridized carbons (Fsp3) is 0.0164. The molecule has 24 aromatic rings. The molecule has 0 fully saturated rings. The largest absolute Gasteiger partial charge is 0.456 e. The standard InChI is InChI=1S/C61H40N2O.C36H24N2O.C25H17Br/c1-3-16-43(17-4-1)61(55-26-11-7-22-49(55)50-23-8-12-27-56(50)61)44-18-15-21-47(39-44)62(48-35-37-54-53-25-10-14-29-59(53)64-60(54)40-48)46-33-30-41(31-34-46)42-32-36-52-51-24-9-13-28-57(51)63(58(52)38-42)45-19-5-2-6-20-45;1-2-8-28(9-3-1)38-33-12-6-4-10-29(33)30-20-16-25(22-34(30)38)24-14-17-26(18-15-24)37-27-19-21-32-31-11-5-7-13-35(31)39-36(32)23-27;26-20-12-8-11-19(17-20)25(18-9-2-1-3-10-18)23-15-6-4-13-21(23)22-14-5-7-16-24(22)25/h1-40H;1-23,37H;1-17H. The van der Waals surface area contributed by atoms with Gasteiger partial charge >= 0.3 is 0 Å².